The third kappa shape index (κ3) is 5.51. The van der Waals surface area contributed by atoms with E-state index in [-0.39, 0.29) is 11.1 Å². The Balaban J connectivity index is 3.63. The van der Waals surface area contributed by atoms with Gasteiger partial charge in [-0.05, 0) is 17.0 Å². The van der Waals surface area contributed by atoms with E-state index in [1.165, 1.54) is 21.6 Å². The summed E-state index contributed by atoms with van der Waals surface area (Å²) in [6, 6.07) is 0. The van der Waals surface area contributed by atoms with Crippen LogP contribution in [-0.2, 0) is 0 Å². The minimum Gasteiger partial charge on any atom is -0.370 e. The predicted octanol–water partition coefficient (Wildman–Crippen LogP) is 0.206. The lowest BCUT2D eigenvalue weighted by molar-refractivity contribution is 1.44. The molecule has 0 atom stereocenters. The van der Waals surface area contributed by atoms with Gasteiger partial charge in [-0.1, -0.05) is 10.8 Å². The Morgan fingerprint density at radius 2 is 2.11 bits per heavy atom. The fourth-order valence-corrected chi connectivity index (χ4v) is 1.10. The number of aliphatic imine (C=N–C) groups is 1. The number of nitrogens with one attached hydrogen (secondary N) is 1. The lowest BCUT2D eigenvalue weighted by Crippen LogP contribution is -2.23. The molecule has 6 heteroatoms. The topological polar surface area (TPSA) is 88.2 Å². The fourth-order valence-electron chi connectivity index (χ4n) is 0.215. The molecule has 0 rings (SSSR count). The van der Waals surface area contributed by atoms with Gasteiger partial charge in [-0.25, -0.2) is 0 Å². The van der Waals surface area contributed by atoms with Crippen molar-refractivity contribution < 1.29 is 0 Å². The van der Waals surface area contributed by atoms with Crippen LogP contribution in [0.5, 0.6) is 0 Å². The molecule has 0 amide bonds. The van der Waals surface area contributed by atoms with Gasteiger partial charge in [0.15, 0.2) is 11.1 Å². The second-order valence-electron chi connectivity index (χ2n) is 1.09. The van der Waals surface area contributed by atoms with Crippen LogP contribution in [0, 0.1) is 5.41 Å². The summed E-state index contributed by atoms with van der Waals surface area (Å²) in [6.07, 6.45) is 1.85. The van der Waals surface area contributed by atoms with Crippen molar-refractivity contribution in [1.82, 2.24) is 0 Å². The largest absolute Gasteiger partial charge is 0.370 e. The van der Waals surface area contributed by atoms with Gasteiger partial charge in [-0.15, -0.1) is 0 Å². The second-order valence-corrected chi connectivity index (χ2v) is 3.48. The number of nitrogens with zero attached hydrogens (tertiary/aromatic N) is 1. The van der Waals surface area contributed by atoms with Crippen LogP contribution in [-0.4, -0.2) is 17.4 Å². The molecular formula is C3H8N4S2. The van der Waals surface area contributed by atoms with Crippen molar-refractivity contribution in [2.75, 3.05) is 6.26 Å². The molecule has 0 saturated heterocycles. The molecule has 0 aromatic rings. The van der Waals surface area contributed by atoms with Crippen LogP contribution in [0.25, 0.3) is 0 Å². The standard InChI is InChI=1S/C3H8N4S2/c1-8-9-3(6)7-2(4)5/h1H3,(H5,4,5,6,7). The summed E-state index contributed by atoms with van der Waals surface area (Å²) in [7, 11) is 2.64. The summed E-state index contributed by atoms with van der Waals surface area (Å²) >= 11 is 0. The zero-order chi connectivity index (χ0) is 7.28. The maximum atomic E-state index is 7.01. The minimum absolute atomic E-state index is 0.0680. The number of amidine groups is 1. The van der Waals surface area contributed by atoms with Crippen molar-refractivity contribution in [3.63, 3.8) is 0 Å². The third-order valence-electron chi connectivity index (χ3n) is 0.393. The molecule has 0 unspecified atom stereocenters. The molecule has 0 aliphatic carbocycles. The first kappa shape index (κ1) is 8.64. The summed E-state index contributed by atoms with van der Waals surface area (Å²) in [6.45, 7) is 0. The van der Waals surface area contributed by atoms with Crippen molar-refractivity contribution in [3.8, 4) is 0 Å². The van der Waals surface area contributed by atoms with Gasteiger partial charge in [-0.3, -0.25) is 5.41 Å². The lowest BCUT2D eigenvalue weighted by atomic mass is 11.0. The highest BCUT2D eigenvalue weighted by atomic mass is 33.1. The smallest absolute Gasteiger partial charge is 0.194 e. The van der Waals surface area contributed by atoms with Crippen LogP contribution in [0.1, 0.15) is 0 Å². The summed E-state index contributed by atoms with van der Waals surface area (Å²) in [5, 5.41) is 7.14. The van der Waals surface area contributed by atoms with Gasteiger partial charge in [0.1, 0.15) is 0 Å². The average Bonchev–Trinajstić information content (AvgIpc) is 1.63. The Morgan fingerprint density at radius 1 is 1.56 bits per heavy atom. The zero-order valence-electron chi connectivity index (χ0n) is 4.92. The molecule has 0 saturated carbocycles. The molecule has 0 aliphatic heterocycles. The van der Waals surface area contributed by atoms with E-state index < -0.39 is 0 Å². The first-order chi connectivity index (χ1) is 4.16. The summed E-state index contributed by atoms with van der Waals surface area (Å²) in [4.78, 5) is 3.46. The maximum Gasteiger partial charge on any atom is 0.194 e. The Hall–Kier alpha value is -0.360. The third-order valence-corrected chi connectivity index (χ3v) is 1.78. The molecule has 0 aromatic heterocycles. The van der Waals surface area contributed by atoms with Crippen molar-refractivity contribution in [2.45, 2.75) is 0 Å². The van der Waals surface area contributed by atoms with E-state index in [9.17, 15) is 0 Å². The molecule has 52 valence electrons. The van der Waals surface area contributed by atoms with Crippen LogP contribution < -0.4 is 11.5 Å². The van der Waals surface area contributed by atoms with E-state index >= 15 is 0 Å². The number of hydrogen-bond donors (Lipinski definition) is 3. The molecule has 5 N–H and O–H groups in total. The Bertz CT molecular complexity index is 128. The highest BCUT2D eigenvalue weighted by molar-refractivity contribution is 8.82. The van der Waals surface area contributed by atoms with Crippen LogP contribution in [0.15, 0.2) is 4.99 Å². The Labute approximate surface area is 61.4 Å². The van der Waals surface area contributed by atoms with Crippen LogP contribution in [0.3, 0.4) is 0 Å². The van der Waals surface area contributed by atoms with Crippen molar-refractivity contribution in [3.05, 3.63) is 0 Å². The molecule has 0 radical (unpaired) electrons. The minimum atomic E-state index is -0.0680. The summed E-state index contributed by atoms with van der Waals surface area (Å²) < 4.78 is 0. The first-order valence-electron chi connectivity index (χ1n) is 2.05. The van der Waals surface area contributed by atoms with Gasteiger partial charge in [0, 0.05) is 0 Å². The second kappa shape index (κ2) is 4.51. The Kier molecular flexibility index (Phi) is 4.33. The van der Waals surface area contributed by atoms with Gasteiger partial charge >= 0.3 is 0 Å². The zero-order valence-corrected chi connectivity index (χ0v) is 6.55. The van der Waals surface area contributed by atoms with Crippen molar-refractivity contribution in [1.29, 1.82) is 5.41 Å². The predicted molar refractivity (Wildman–Crippen MR) is 44.6 cm³/mol. The highest BCUT2D eigenvalue weighted by Gasteiger charge is 1.91. The highest BCUT2D eigenvalue weighted by Crippen LogP contribution is 2.17. The van der Waals surface area contributed by atoms with Gasteiger partial charge in [-0.2, -0.15) is 4.99 Å². The van der Waals surface area contributed by atoms with E-state index in [4.69, 9.17) is 16.9 Å². The molecule has 0 bridgehead atoms. The summed E-state index contributed by atoms with van der Waals surface area (Å²) in [5.41, 5.74) is 9.98. The van der Waals surface area contributed by atoms with Crippen LogP contribution in [0.2, 0.25) is 0 Å². The van der Waals surface area contributed by atoms with Crippen molar-refractivity contribution in [2.24, 2.45) is 16.5 Å². The van der Waals surface area contributed by atoms with Gasteiger partial charge < -0.3 is 11.5 Å². The Morgan fingerprint density at radius 3 is 2.44 bits per heavy atom. The molecular weight excluding hydrogens is 156 g/mol. The lowest BCUT2D eigenvalue weighted by Gasteiger charge is -1.91. The number of nitrogens with two attached hydrogens (primary N) is 2. The molecule has 9 heavy (non-hydrogen) atoms. The molecule has 0 spiro atoms. The quantitative estimate of drug-likeness (QED) is 0.293. The monoisotopic (exact) mass is 164 g/mol. The molecule has 0 aromatic carbocycles. The molecule has 0 heterocycles. The number of hydrogen-bond acceptors (Lipinski definition) is 3. The van der Waals surface area contributed by atoms with E-state index in [0.29, 0.717) is 0 Å². The van der Waals surface area contributed by atoms with E-state index in [0.717, 1.165) is 0 Å². The molecule has 4 nitrogen and oxygen atoms in total. The normalized spacial score (nSPS) is 8.56. The molecule has 0 fully saturated rings. The number of rotatable bonds is 1. The van der Waals surface area contributed by atoms with Crippen LogP contribution in [0.4, 0.5) is 0 Å². The van der Waals surface area contributed by atoms with Crippen LogP contribution >= 0.6 is 21.6 Å². The SMILES string of the molecule is CSSC(=N)N=C(N)N. The van der Waals surface area contributed by atoms with Gasteiger partial charge in [0.25, 0.3) is 0 Å². The summed E-state index contributed by atoms with van der Waals surface area (Å²) in [5.74, 6) is -0.0680. The van der Waals surface area contributed by atoms with E-state index in [1.54, 1.807) is 0 Å². The number of guanidine groups is 1. The van der Waals surface area contributed by atoms with Crippen molar-refractivity contribution >= 4 is 32.7 Å². The van der Waals surface area contributed by atoms with Gasteiger partial charge in [0.2, 0.25) is 0 Å². The van der Waals surface area contributed by atoms with E-state index in [1.807, 2.05) is 6.26 Å². The average molecular weight is 164 g/mol. The fraction of sp³-hybridized carbons (Fsp3) is 0.333. The maximum absolute atomic E-state index is 7.01. The first-order valence-corrected chi connectivity index (χ1v) is 4.61. The molecule has 0 aliphatic rings. The van der Waals surface area contributed by atoms with Gasteiger partial charge in [0.05, 0.1) is 0 Å². The van der Waals surface area contributed by atoms with E-state index in [2.05, 4.69) is 4.99 Å².